The predicted octanol–water partition coefficient (Wildman–Crippen LogP) is 3.43. The standard InChI is InChI=1S/C17H24N2O/c1-2-11-18-15-6-4-3-5-14(15)17(20)19-16(12-7-8-12)13-9-10-13/h3-6,12-13,16,18H,2,7-11H2,1H3,(H,19,20). The SMILES string of the molecule is CCCNc1ccccc1C(=O)NC(C1CC1)C1CC1. The average Bonchev–Trinajstić information content (AvgIpc) is 3.35. The Kier molecular flexibility index (Phi) is 3.95. The van der Waals surface area contributed by atoms with Crippen molar-refractivity contribution in [1.82, 2.24) is 5.32 Å². The van der Waals surface area contributed by atoms with Crippen LogP contribution in [0.15, 0.2) is 24.3 Å². The zero-order chi connectivity index (χ0) is 13.9. The van der Waals surface area contributed by atoms with E-state index in [0.717, 1.165) is 36.1 Å². The average molecular weight is 272 g/mol. The fourth-order valence-corrected chi connectivity index (χ4v) is 2.86. The van der Waals surface area contributed by atoms with E-state index in [-0.39, 0.29) is 5.91 Å². The molecule has 3 rings (SSSR count). The third-order valence-corrected chi connectivity index (χ3v) is 4.29. The lowest BCUT2D eigenvalue weighted by atomic mass is 10.1. The molecule has 0 atom stereocenters. The second-order valence-corrected chi connectivity index (χ2v) is 6.15. The van der Waals surface area contributed by atoms with Crippen molar-refractivity contribution in [3.05, 3.63) is 29.8 Å². The van der Waals surface area contributed by atoms with Gasteiger partial charge in [0, 0.05) is 18.3 Å². The van der Waals surface area contributed by atoms with E-state index in [1.807, 2.05) is 24.3 Å². The second kappa shape index (κ2) is 5.86. The lowest BCUT2D eigenvalue weighted by Crippen LogP contribution is -2.38. The summed E-state index contributed by atoms with van der Waals surface area (Å²) in [5.74, 6) is 1.57. The Labute approximate surface area is 121 Å². The predicted molar refractivity (Wildman–Crippen MR) is 81.9 cm³/mol. The third kappa shape index (κ3) is 3.14. The van der Waals surface area contributed by atoms with Gasteiger partial charge in [-0.1, -0.05) is 19.1 Å². The van der Waals surface area contributed by atoms with Crippen molar-refractivity contribution < 1.29 is 4.79 Å². The van der Waals surface area contributed by atoms with Gasteiger partial charge in [0.2, 0.25) is 0 Å². The first kappa shape index (κ1) is 13.5. The highest BCUT2D eigenvalue weighted by molar-refractivity contribution is 5.99. The van der Waals surface area contributed by atoms with Crippen LogP contribution in [0.25, 0.3) is 0 Å². The zero-order valence-corrected chi connectivity index (χ0v) is 12.2. The van der Waals surface area contributed by atoms with E-state index >= 15 is 0 Å². The van der Waals surface area contributed by atoms with E-state index in [9.17, 15) is 4.79 Å². The Morgan fingerprint density at radius 3 is 2.45 bits per heavy atom. The van der Waals surface area contributed by atoms with Crippen molar-refractivity contribution in [3.8, 4) is 0 Å². The lowest BCUT2D eigenvalue weighted by molar-refractivity contribution is 0.0927. The highest BCUT2D eigenvalue weighted by atomic mass is 16.1. The summed E-state index contributed by atoms with van der Waals surface area (Å²) in [6, 6.07) is 8.25. The van der Waals surface area contributed by atoms with Crippen LogP contribution in [0.3, 0.4) is 0 Å². The molecule has 1 aromatic rings. The second-order valence-electron chi connectivity index (χ2n) is 6.15. The van der Waals surface area contributed by atoms with Crippen LogP contribution in [0.5, 0.6) is 0 Å². The van der Waals surface area contributed by atoms with Gasteiger partial charge in [-0.05, 0) is 56.1 Å². The number of rotatable bonds is 7. The maximum Gasteiger partial charge on any atom is 0.253 e. The molecule has 0 unspecified atom stereocenters. The minimum Gasteiger partial charge on any atom is -0.384 e. The summed E-state index contributed by atoms with van der Waals surface area (Å²) in [7, 11) is 0. The normalized spacial score (nSPS) is 18.1. The number of nitrogens with one attached hydrogen (secondary N) is 2. The van der Waals surface area contributed by atoms with Crippen LogP contribution < -0.4 is 10.6 Å². The van der Waals surface area contributed by atoms with E-state index in [0.29, 0.717) is 6.04 Å². The zero-order valence-electron chi connectivity index (χ0n) is 12.2. The highest BCUT2D eigenvalue weighted by Crippen LogP contribution is 2.44. The van der Waals surface area contributed by atoms with Gasteiger partial charge in [0.15, 0.2) is 0 Å². The highest BCUT2D eigenvalue weighted by Gasteiger charge is 2.42. The van der Waals surface area contributed by atoms with E-state index < -0.39 is 0 Å². The third-order valence-electron chi connectivity index (χ3n) is 4.29. The first-order valence-electron chi connectivity index (χ1n) is 7.93. The maximum atomic E-state index is 12.6. The van der Waals surface area contributed by atoms with E-state index in [1.54, 1.807) is 0 Å². The monoisotopic (exact) mass is 272 g/mol. The van der Waals surface area contributed by atoms with Crippen molar-refractivity contribution in [2.24, 2.45) is 11.8 Å². The number of carbonyl (C=O) groups excluding carboxylic acids is 1. The molecule has 0 heterocycles. The Hall–Kier alpha value is -1.51. The van der Waals surface area contributed by atoms with Crippen molar-refractivity contribution in [1.29, 1.82) is 0 Å². The summed E-state index contributed by atoms with van der Waals surface area (Å²) in [4.78, 5) is 12.6. The number of carbonyl (C=O) groups is 1. The number of amides is 1. The van der Waals surface area contributed by atoms with Crippen LogP contribution in [0.4, 0.5) is 5.69 Å². The van der Waals surface area contributed by atoms with Gasteiger partial charge in [-0.15, -0.1) is 0 Å². The van der Waals surface area contributed by atoms with Crippen LogP contribution in [0.1, 0.15) is 49.4 Å². The maximum absolute atomic E-state index is 12.6. The molecular formula is C17H24N2O. The van der Waals surface area contributed by atoms with E-state index in [2.05, 4.69) is 17.6 Å². The summed E-state index contributed by atoms with van der Waals surface area (Å²) in [5, 5.41) is 6.64. The molecule has 0 bridgehead atoms. The molecule has 108 valence electrons. The van der Waals surface area contributed by atoms with E-state index in [1.165, 1.54) is 25.7 Å². The summed E-state index contributed by atoms with van der Waals surface area (Å²) < 4.78 is 0. The molecule has 0 aromatic heterocycles. The topological polar surface area (TPSA) is 41.1 Å². The lowest BCUT2D eigenvalue weighted by Gasteiger charge is -2.19. The molecule has 1 aromatic carbocycles. The molecule has 20 heavy (non-hydrogen) atoms. The molecule has 0 aliphatic heterocycles. The molecule has 0 radical (unpaired) electrons. The quantitative estimate of drug-likeness (QED) is 0.798. The number of hydrogen-bond acceptors (Lipinski definition) is 2. The summed E-state index contributed by atoms with van der Waals surface area (Å²) in [5.41, 5.74) is 1.74. The first-order valence-corrected chi connectivity index (χ1v) is 7.93. The fourth-order valence-electron chi connectivity index (χ4n) is 2.86. The molecule has 1 amide bonds. The number of anilines is 1. The van der Waals surface area contributed by atoms with Gasteiger partial charge in [0.05, 0.1) is 5.56 Å². The first-order chi connectivity index (χ1) is 9.79. The molecule has 2 fully saturated rings. The number of para-hydroxylation sites is 1. The molecule has 2 aliphatic rings. The molecule has 0 spiro atoms. The van der Waals surface area contributed by atoms with Crippen LogP contribution in [-0.4, -0.2) is 18.5 Å². The van der Waals surface area contributed by atoms with Crippen LogP contribution in [0.2, 0.25) is 0 Å². The molecular weight excluding hydrogens is 248 g/mol. The van der Waals surface area contributed by atoms with Crippen molar-refractivity contribution >= 4 is 11.6 Å². The fraction of sp³-hybridized carbons (Fsp3) is 0.588. The van der Waals surface area contributed by atoms with Crippen LogP contribution in [0, 0.1) is 11.8 Å². The number of benzene rings is 1. The van der Waals surface area contributed by atoms with Crippen molar-refractivity contribution in [2.45, 2.75) is 45.1 Å². The van der Waals surface area contributed by atoms with Gasteiger partial charge in [-0.2, -0.15) is 0 Å². The summed E-state index contributed by atoms with van der Waals surface area (Å²) in [6.45, 7) is 3.03. The van der Waals surface area contributed by atoms with Gasteiger partial charge in [0.25, 0.3) is 5.91 Å². The van der Waals surface area contributed by atoms with Gasteiger partial charge in [0.1, 0.15) is 0 Å². The minimum atomic E-state index is 0.0907. The molecule has 2 N–H and O–H groups in total. The molecule has 3 heteroatoms. The largest absolute Gasteiger partial charge is 0.384 e. The van der Waals surface area contributed by atoms with Crippen molar-refractivity contribution in [2.75, 3.05) is 11.9 Å². The minimum absolute atomic E-state index is 0.0907. The Morgan fingerprint density at radius 2 is 1.85 bits per heavy atom. The van der Waals surface area contributed by atoms with Gasteiger partial charge >= 0.3 is 0 Å². The Bertz CT molecular complexity index is 466. The molecule has 2 saturated carbocycles. The Balaban J connectivity index is 1.69. The van der Waals surface area contributed by atoms with Gasteiger partial charge < -0.3 is 10.6 Å². The van der Waals surface area contributed by atoms with Gasteiger partial charge in [-0.3, -0.25) is 4.79 Å². The molecule has 2 aliphatic carbocycles. The van der Waals surface area contributed by atoms with Gasteiger partial charge in [-0.25, -0.2) is 0 Å². The molecule has 0 saturated heterocycles. The molecule has 3 nitrogen and oxygen atoms in total. The summed E-state index contributed by atoms with van der Waals surface area (Å²) >= 11 is 0. The Morgan fingerprint density at radius 1 is 1.20 bits per heavy atom. The van der Waals surface area contributed by atoms with Crippen LogP contribution in [-0.2, 0) is 0 Å². The summed E-state index contributed by atoms with van der Waals surface area (Å²) in [6.07, 6.45) is 6.21. The van der Waals surface area contributed by atoms with E-state index in [4.69, 9.17) is 0 Å². The van der Waals surface area contributed by atoms with Crippen LogP contribution >= 0.6 is 0 Å². The smallest absolute Gasteiger partial charge is 0.253 e. The number of hydrogen-bond donors (Lipinski definition) is 2. The van der Waals surface area contributed by atoms with Crippen molar-refractivity contribution in [3.63, 3.8) is 0 Å².